The van der Waals surface area contributed by atoms with Crippen LogP contribution in [0, 0.1) is 5.92 Å². The number of fused-ring (bicyclic) bond motifs is 1. The largest absolute Gasteiger partial charge is 0.501 e. The van der Waals surface area contributed by atoms with Crippen LogP contribution in [0.5, 0.6) is 0 Å². The van der Waals surface area contributed by atoms with Crippen LogP contribution in [0.2, 0.25) is 0 Å². The van der Waals surface area contributed by atoms with Gasteiger partial charge in [-0.25, -0.2) is 4.79 Å². The van der Waals surface area contributed by atoms with Crippen LogP contribution in [-0.2, 0) is 16.0 Å². The van der Waals surface area contributed by atoms with Crippen LogP contribution in [0.25, 0.3) is 0 Å². The van der Waals surface area contributed by atoms with Gasteiger partial charge in [0.25, 0.3) is 5.91 Å². The molecule has 2 aliphatic rings. The summed E-state index contributed by atoms with van der Waals surface area (Å²) < 4.78 is 1.45. The Bertz CT molecular complexity index is 784. The Kier molecular flexibility index (Phi) is 6.49. The molecule has 0 spiro atoms. The van der Waals surface area contributed by atoms with Gasteiger partial charge in [0.1, 0.15) is 12.3 Å². The monoisotopic (exact) mass is 406 g/mol. The lowest BCUT2D eigenvalue weighted by Crippen LogP contribution is -2.57. The van der Waals surface area contributed by atoms with Crippen molar-refractivity contribution in [3.05, 3.63) is 33.9 Å². The summed E-state index contributed by atoms with van der Waals surface area (Å²) in [7, 11) is 0. The number of carbonyl (C=O) groups is 3. The molecule has 0 saturated carbocycles. The highest BCUT2D eigenvalue weighted by atomic mass is 32.2. The predicted molar refractivity (Wildman–Crippen MR) is 108 cm³/mol. The summed E-state index contributed by atoms with van der Waals surface area (Å²) in [6.07, 6.45) is 3.28. The summed E-state index contributed by atoms with van der Waals surface area (Å²) in [6.45, 7) is 5.05. The Morgan fingerprint density at radius 1 is 1.37 bits per heavy atom. The summed E-state index contributed by atoms with van der Waals surface area (Å²) in [4.78, 5) is 40.4. The third kappa shape index (κ3) is 4.68. The van der Waals surface area contributed by atoms with Crippen molar-refractivity contribution < 1.29 is 19.0 Å². The van der Waals surface area contributed by atoms with Crippen LogP contribution in [-0.4, -0.2) is 57.9 Å². The molecule has 0 aromatic carbocycles. The van der Waals surface area contributed by atoms with Gasteiger partial charge in [0.05, 0.1) is 0 Å². The molecular weight excluding hydrogens is 382 g/mol. The minimum Gasteiger partial charge on any atom is -0.353 e. The van der Waals surface area contributed by atoms with Crippen LogP contribution < -0.4 is 5.32 Å². The SMILES string of the molecule is CC(C)CCNC(=O)C[N+]1=C2C=CSC2C(=O)N(CCc2cccs2)C1=O. The minimum atomic E-state index is -0.436. The third-order valence-corrected chi connectivity index (χ3v) is 6.44. The number of thioether (sulfide) groups is 1. The molecule has 2 aliphatic heterocycles. The van der Waals surface area contributed by atoms with Crippen LogP contribution in [0.3, 0.4) is 0 Å². The van der Waals surface area contributed by atoms with Gasteiger partial charge >= 0.3 is 11.9 Å². The number of nitrogens with one attached hydrogen (secondary N) is 1. The molecule has 3 rings (SSSR count). The molecule has 0 aliphatic carbocycles. The Morgan fingerprint density at radius 3 is 2.89 bits per heavy atom. The van der Waals surface area contributed by atoms with Gasteiger partial charge in [-0.3, -0.25) is 4.79 Å². The fraction of sp³-hybridized carbons (Fsp3) is 0.474. The molecule has 27 heavy (non-hydrogen) atoms. The molecule has 4 amide bonds. The van der Waals surface area contributed by atoms with E-state index < -0.39 is 11.3 Å². The quantitative estimate of drug-likeness (QED) is 0.674. The molecule has 1 aromatic heterocycles. The van der Waals surface area contributed by atoms with Gasteiger partial charge in [-0.1, -0.05) is 19.9 Å². The Morgan fingerprint density at radius 2 is 2.19 bits per heavy atom. The molecular formula is C19H24N3O3S2+. The average molecular weight is 407 g/mol. The molecule has 1 aromatic rings. The molecule has 0 saturated heterocycles. The van der Waals surface area contributed by atoms with E-state index in [0.717, 1.165) is 11.3 Å². The second-order valence-electron chi connectivity index (χ2n) is 6.96. The van der Waals surface area contributed by atoms with Gasteiger partial charge in [0.15, 0.2) is 11.8 Å². The zero-order valence-electron chi connectivity index (χ0n) is 15.5. The molecule has 0 radical (unpaired) electrons. The van der Waals surface area contributed by atoms with Crippen molar-refractivity contribution in [1.82, 2.24) is 10.2 Å². The van der Waals surface area contributed by atoms with Gasteiger partial charge < -0.3 is 5.32 Å². The Balaban J connectivity index is 1.71. The van der Waals surface area contributed by atoms with E-state index in [4.69, 9.17) is 0 Å². The molecule has 8 heteroatoms. The maximum Gasteiger partial charge on any atom is 0.501 e. The molecule has 0 bridgehead atoms. The fourth-order valence-electron chi connectivity index (χ4n) is 2.99. The van der Waals surface area contributed by atoms with E-state index in [0.29, 0.717) is 31.1 Å². The summed E-state index contributed by atoms with van der Waals surface area (Å²) in [5, 5.41) is 6.22. The van der Waals surface area contributed by atoms with Crippen molar-refractivity contribution >= 4 is 46.7 Å². The predicted octanol–water partition coefficient (Wildman–Crippen LogP) is 2.50. The standard InChI is InChI=1S/C19H23N3O3S2/c1-13(2)5-8-20-16(23)12-22-15-7-11-27-17(15)18(24)21(19(22)25)9-6-14-4-3-10-26-14/h3-4,7,10-11,13,17H,5-6,8-9,12H2,1-2H3/p+1. The maximum absolute atomic E-state index is 12.9. The van der Waals surface area contributed by atoms with E-state index in [1.807, 2.05) is 22.9 Å². The van der Waals surface area contributed by atoms with Crippen molar-refractivity contribution in [2.75, 3.05) is 19.6 Å². The van der Waals surface area contributed by atoms with Crippen LogP contribution >= 0.6 is 23.1 Å². The zero-order chi connectivity index (χ0) is 19.4. The summed E-state index contributed by atoms with van der Waals surface area (Å²) in [6, 6.07) is 3.54. The van der Waals surface area contributed by atoms with E-state index in [9.17, 15) is 14.4 Å². The third-order valence-electron chi connectivity index (χ3n) is 4.49. The van der Waals surface area contributed by atoms with Gasteiger partial charge in [-0.05, 0) is 35.3 Å². The van der Waals surface area contributed by atoms with Crippen molar-refractivity contribution in [3.8, 4) is 0 Å². The number of thiophene rings is 1. The maximum atomic E-state index is 12.9. The van der Waals surface area contributed by atoms with Crippen molar-refractivity contribution in [1.29, 1.82) is 0 Å². The Hall–Kier alpha value is -1.93. The van der Waals surface area contributed by atoms with E-state index in [1.165, 1.54) is 21.2 Å². The molecule has 144 valence electrons. The first kappa shape index (κ1) is 19.8. The second-order valence-corrected chi connectivity index (χ2v) is 9.01. The lowest BCUT2D eigenvalue weighted by Gasteiger charge is -2.24. The number of hydrogen-bond acceptors (Lipinski definition) is 5. The van der Waals surface area contributed by atoms with E-state index in [1.54, 1.807) is 17.4 Å². The average Bonchev–Trinajstić information content (AvgIpc) is 3.30. The number of hydrogen-bond donors (Lipinski definition) is 1. The topological polar surface area (TPSA) is 69.5 Å². The Labute approximate surface area is 167 Å². The first-order valence-electron chi connectivity index (χ1n) is 9.08. The lowest BCUT2D eigenvalue weighted by atomic mass is 10.1. The van der Waals surface area contributed by atoms with Crippen molar-refractivity contribution in [2.24, 2.45) is 5.92 Å². The van der Waals surface area contributed by atoms with Crippen LogP contribution in [0.1, 0.15) is 25.1 Å². The number of imide groups is 1. The zero-order valence-corrected chi connectivity index (χ0v) is 17.1. The minimum absolute atomic E-state index is 0.0591. The van der Waals surface area contributed by atoms with Crippen molar-refractivity contribution in [2.45, 2.75) is 31.9 Å². The molecule has 3 heterocycles. The van der Waals surface area contributed by atoms with E-state index in [-0.39, 0.29) is 18.4 Å². The summed E-state index contributed by atoms with van der Waals surface area (Å²) in [5.41, 5.74) is 0.612. The number of nitrogens with zero attached hydrogens (tertiary/aromatic N) is 2. The van der Waals surface area contributed by atoms with Gasteiger partial charge in [0, 0.05) is 17.8 Å². The number of rotatable bonds is 8. The van der Waals surface area contributed by atoms with Crippen LogP contribution in [0.4, 0.5) is 4.79 Å². The van der Waals surface area contributed by atoms with Crippen LogP contribution in [0.15, 0.2) is 29.0 Å². The fourth-order valence-corrected chi connectivity index (χ4v) is 4.66. The number of carbonyl (C=O) groups excluding carboxylic acids is 3. The molecule has 1 atom stereocenters. The lowest BCUT2D eigenvalue weighted by molar-refractivity contribution is -0.426. The highest BCUT2D eigenvalue weighted by molar-refractivity contribution is 8.04. The van der Waals surface area contributed by atoms with E-state index >= 15 is 0 Å². The van der Waals surface area contributed by atoms with Gasteiger partial charge in [0.2, 0.25) is 0 Å². The number of urea groups is 1. The highest BCUT2D eigenvalue weighted by Gasteiger charge is 2.49. The summed E-state index contributed by atoms with van der Waals surface area (Å²) in [5.74, 6) is 0.103. The first-order chi connectivity index (χ1) is 13.0. The molecule has 1 unspecified atom stereocenters. The highest BCUT2D eigenvalue weighted by Crippen LogP contribution is 2.28. The normalized spacial score (nSPS) is 19.2. The first-order valence-corrected chi connectivity index (χ1v) is 10.9. The smallest absolute Gasteiger partial charge is 0.353 e. The second kappa shape index (κ2) is 8.84. The molecule has 6 nitrogen and oxygen atoms in total. The number of allylic oxidation sites excluding steroid dienone is 1. The molecule has 1 N–H and O–H groups in total. The molecule has 0 fully saturated rings. The van der Waals surface area contributed by atoms with Gasteiger partial charge in [-0.15, -0.1) is 23.1 Å². The van der Waals surface area contributed by atoms with Crippen molar-refractivity contribution in [3.63, 3.8) is 0 Å². The summed E-state index contributed by atoms with van der Waals surface area (Å²) >= 11 is 2.99. The number of amides is 4. The van der Waals surface area contributed by atoms with E-state index in [2.05, 4.69) is 19.2 Å². The van der Waals surface area contributed by atoms with Gasteiger partial charge in [-0.2, -0.15) is 14.3 Å².